The van der Waals surface area contributed by atoms with Crippen LogP contribution < -0.4 is 10.3 Å². The first-order valence-corrected chi connectivity index (χ1v) is 11.4. The highest BCUT2D eigenvalue weighted by Crippen LogP contribution is 2.28. The first-order chi connectivity index (χ1) is 15.9. The number of esters is 1. The summed E-state index contributed by atoms with van der Waals surface area (Å²) in [5.41, 5.74) is 0.817. The minimum atomic E-state index is -0.627. The van der Waals surface area contributed by atoms with E-state index in [1.165, 1.54) is 20.3 Å². The van der Waals surface area contributed by atoms with Crippen LogP contribution in [0.3, 0.4) is 0 Å². The van der Waals surface area contributed by atoms with Gasteiger partial charge in [-0.05, 0) is 38.3 Å². The molecule has 1 fully saturated rings. The lowest BCUT2D eigenvalue weighted by Crippen LogP contribution is -2.49. The lowest BCUT2D eigenvalue weighted by molar-refractivity contribution is -0.147. The Labute approximate surface area is 192 Å². The van der Waals surface area contributed by atoms with Crippen molar-refractivity contribution < 1.29 is 23.5 Å². The number of rotatable bonds is 5. The van der Waals surface area contributed by atoms with Crippen LogP contribution in [0.15, 0.2) is 27.4 Å². The molecule has 2 aliphatic rings. The maximum Gasteiger partial charge on any atom is 0.328 e. The second kappa shape index (κ2) is 9.82. The van der Waals surface area contributed by atoms with E-state index in [9.17, 15) is 14.4 Å². The van der Waals surface area contributed by atoms with Crippen LogP contribution in [0.2, 0.25) is 0 Å². The Kier molecular flexibility index (Phi) is 6.88. The number of likely N-dealkylation sites (tertiary alicyclic amines) is 1. The number of furan rings is 1. The summed E-state index contributed by atoms with van der Waals surface area (Å²) in [6.45, 7) is 4.78. The number of pyridine rings is 1. The number of aryl methyl sites for hydroxylation is 1. The summed E-state index contributed by atoms with van der Waals surface area (Å²) < 4.78 is 17.8. The Morgan fingerprint density at radius 3 is 2.64 bits per heavy atom. The van der Waals surface area contributed by atoms with E-state index in [-0.39, 0.29) is 17.2 Å². The van der Waals surface area contributed by atoms with E-state index in [1.807, 2.05) is 19.1 Å². The van der Waals surface area contributed by atoms with E-state index in [2.05, 4.69) is 4.90 Å². The van der Waals surface area contributed by atoms with Gasteiger partial charge in [-0.1, -0.05) is 0 Å². The summed E-state index contributed by atoms with van der Waals surface area (Å²) in [6, 6.07) is 4.64. The summed E-state index contributed by atoms with van der Waals surface area (Å²) in [5, 5.41) is 0. The standard InChI is InChI=1S/C24H31N3O6/c1-16-7-8-17(33-16)15-25-11-9-18-22(20(31-2)14-21(28)26(18)13-12-25)23(29)27-10-5-4-6-19(27)24(30)32-3/h7-8,14,19H,4-6,9-13,15H2,1-3H3. The molecule has 33 heavy (non-hydrogen) atoms. The van der Waals surface area contributed by atoms with Crippen LogP contribution in [0.5, 0.6) is 5.75 Å². The zero-order valence-electron chi connectivity index (χ0n) is 19.5. The number of nitrogens with zero attached hydrogens (tertiary/aromatic N) is 3. The van der Waals surface area contributed by atoms with Gasteiger partial charge in [0, 0.05) is 44.4 Å². The van der Waals surface area contributed by atoms with Crippen LogP contribution in [0.4, 0.5) is 0 Å². The molecule has 0 aliphatic carbocycles. The van der Waals surface area contributed by atoms with Gasteiger partial charge in [-0.15, -0.1) is 0 Å². The van der Waals surface area contributed by atoms with Gasteiger partial charge in [0.25, 0.3) is 11.5 Å². The van der Waals surface area contributed by atoms with Gasteiger partial charge in [-0.3, -0.25) is 14.5 Å². The number of amides is 1. The molecule has 0 radical (unpaired) electrons. The third-order valence-electron chi connectivity index (χ3n) is 6.53. The fraction of sp³-hybridized carbons (Fsp3) is 0.542. The fourth-order valence-electron chi connectivity index (χ4n) is 4.83. The number of piperidine rings is 1. The van der Waals surface area contributed by atoms with Crippen LogP contribution >= 0.6 is 0 Å². The Morgan fingerprint density at radius 2 is 1.94 bits per heavy atom. The zero-order valence-corrected chi connectivity index (χ0v) is 19.5. The number of hydrogen-bond acceptors (Lipinski definition) is 7. The van der Waals surface area contributed by atoms with Crippen molar-refractivity contribution in [1.82, 2.24) is 14.4 Å². The second-order valence-electron chi connectivity index (χ2n) is 8.60. The fourth-order valence-corrected chi connectivity index (χ4v) is 4.83. The number of ether oxygens (including phenoxy) is 2. The molecule has 0 aromatic carbocycles. The summed E-state index contributed by atoms with van der Waals surface area (Å²) >= 11 is 0. The molecule has 4 rings (SSSR count). The number of carbonyl (C=O) groups excluding carboxylic acids is 2. The first kappa shape index (κ1) is 23.1. The number of methoxy groups -OCH3 is 2. The topological polar surface area (TPSA) is 94.2 Å². The lowest BCUT2D eigenvalue weighted by Gasteiger charge is -2.34. The minimum absolute atomic E-state index is 0.197. The largest absolute Gasteiger partial charge is 0.496 e. The van der Waals surface area contributed by atoms with Crippen molar-refractivity contribution in [3.05, 3.63) is 51.3 Å². The predicted molar refractivity (Wildman–Crippen MR) is 120 cm³/mol. The van der Waals surface area contributed by atoms with Crippen LogP contribution in [0.1, 0.15) is 46.8 Å². The summed E-state index contributed by atoms with van der Waals surface area (Å²) in [6.07, 6.45) is 2.73. The molecule has 0 N–H and O–H groups in total. The van der Waals surface area contributed by atoms with Crippen molar-refractivity contribution in [3.63, 3.8) is 0 Å². The number of fused-ring (bicyclic) bond motifs is 1. The second-order valence-corrected chi connectivity index (χ2v) is 8.60. The minimum Gasteiger partial charge on any atom is -0.496 e. The van der Waals surface area contributed by atoms with E-state index >= 15 is 0 Å². The molecule has 1 unspecified atom stereocenters. The molecule has 0 saturated carbocycles. The molecule has 2 aromatic rings. The van der Waals surface area contributed by atoms with Crippen molar-refractivity contribution in [2.75, 3.05) is 33.9 Å². The van der Waals surface area contributed by atoms with Crippen molar-refractivity contribution in [2.45, 2.75) is 51.7 Å². The maximum atomic E-state index is 13.8. The molecule has 2 aromatic heterocycles. The average molecular weight is 458 g/mol. The normalized spacial score (nSPS) is 19.0. The number of carbonyl (C=O) groups is 2. The van der Waals surface area contributed by atoms with E-state index in [0.29, 0.717) is 56.8 Å². The molecule has 9 nitrogen and oxygen atoms in total. The van der Waals surface area contributed by atoms with Gasteiger partial charge >= 0.3 is 5.97 Å². The molecular formula is C24H31N3O6. The van der Waals surface area contributed by atoms with Crippen molar-refractivity contribution >= 4 is 11.9 Å². The molecule has 4 heterocycles. The Bertz CT molecular complexity index is 1090. The van der Waals surface area contributed by atoms with Gasteiger partial charge in [0.1, 0.15) is 28.9 Å². The van der Waals surface area contributed by atoms with Gasteiger partial charge in [0.2, 0.25) is 0 Å². The Morgan fingerprint density at radius 1 is 1.12 bits per heavy atom. The summed E-state index contributed by atoms with van der Waals surface area (Å²) in [4.78, 5) is 42.8. The Hall–Kier alpha value is -3.07. The maximum absolute atomic E-state index is 13.8. The quantitative estimate of drug-likeness (QED) is 0.634. The summed E-state index contributed by atoms with van der Waals surface area (Å²) in [7, 11) is 2.79. The SMILES string of the molecule is COC(=O)C1CCCCN1C(=O)c1c(OC)cc(=O)n2c1CCN(Cc1ccc(C)o1)CC2. The van der Waals surface area contributed by atoms with Gasteiger partial charge in [0.05, 0.1) is 20.8 Å². The number of hydrogen-bond donors (Lipinski definition) is 0. The zero-order chi connectivity index (χ0) is 23.5. The van der Waals surface area contributed by atoms with Crippen LogP contribution in [-0.4, -0.2) is 66.1 Å². The predicted octanol–water partition coefficient (Wildman–Crippen LogP) is 1.98. The monoisotopic (exact) mass is 457 g/mol. The van der Waals surface area contributed by atoms with Gasteiger partial charge in [0.15, 0.2) is 0 Å². The van der Waals surface area contributed by atoms with Crippen LogP contribution in [0, 0.1) is 6.92 Å². The molecule has 2 aliphatic heterocycles. The molecule has 1 saturated heterocycles. The van der Waals surface area contributed by atoms with Crippen molar-refractivity contribution in [1.29, 1.82) is 0 Å². The third-order valence-corrected chi connectivity index (χ3v) is 6.53. The molecular weight excluding hydrogens is 426 g/mol. The first-order valence-electron chi connectivity index (χ1n) is 11.4. The van der Waals surface area contributed by atoms with E-state index in [0.717, 1.165) is 24.4 Å². The van der Waals surface area contributed by atoms with Gasteiger partial charge in [-0.2, -0.15) is 0 Å². The van der Waals surface area contributed by atoms with E-state index in [4.69, 9.17) is 13.9 Å². The average Bonchev–Trinajstić information content (AvgIpc) is 3.12. The third kappa shape index (κ3) is 4.68. The van der Waals surface area contributed by atoms with Crippen molar-refractivity contribution in [2.24, 2.45) is 0 Å². The highest BCUT2D eigenvalue weighted by molar-refractivity contribution is 6.00. The summed E-state index contributed by atoms with van der Waals surface area (Å²) in [5.74, 6) is 1.27. The number of aromatic nitrogens is 1. The van der Waals surface area contributed by atoms with E-state index in [1.54, 1.807) is 9.47 Å². The Balaban J connectivity index is 1.66. The molecule has 0 bridgehead atoms. The van der Waals surface area contributed by atoms with Gasteiger partial charge in [-0.25, -0.2) is 4.79 Å². The van der Waals surface area contributed by atoms with Crippen molar-refractivity contribution in [3.8, 4) is 5.75 Å². The smallest absolute Gasteiger partial charge is 0.328 e. The van der Waals surface area contributed by atoms with Gasteiger partial charge < -0.3 is 23.4 Å². The molecule has 9 heteroatoms. The van der Waals surface area contributed by atoms with Crippen LogP contribution in [-0.2, 0) is 29.0 Å². The van der Waals surface area contributed by atoms with Crippen LogP contribution in [0.25, 0.3) is 0 Å². The highest BCUT2D eigenvalue weighted by Gasteiger charge is 2.36. The lowest BCUT2D eigenvalue weighted by atomic mass is 9.99. The molecule has 1 atom stereocenters. The molecule has 0 spiro atoms. The molecule has 178 valence electrons. The van der Waals surface area contributed by atoms with E-state index < -0.39 is 12.0 Å². The highest BCUT2D eigenvalue weighted by atomic mass is 16.5. The molecule has 1 amide bonds.